The Bertz CT molecular complexity index is 399. The van der Waals surface area contributed by atoms with Gasteiger partial charge < -0.3 is 10.6 Å². The van der Waals surface area contributed by atoms with E-state index in [9.17, 15) is 0 Å². The fourth-order valence-corrected chi connectivity index (χ4v) is 2.79. The second-order valence-corrected chi connectivity index (χ2v) is 5.70. The van der Waals surface area contributed by atoms with E-state index in [1.54, 1.807) is 0 Å². The highest BCUT2D eigenvalue weighted by molar-refractivity contribution is 5.47. The lowest BCUT2D eigenvalue weighted by atomic mass is 10.0. The Morgan fingerprint density at radius 1 is 1.05 bits per heavy atom. The van der Waals surface area contributed by atoms with Gasteiger partial charge in [0.1, 0.15) is 17.5 Å². The molecule has 0 spiro atoms. The summed E-state index contributed by atoms with van der Waals surface area (Å²) < 4.78 is 0. The van der Waals surface area contributed by atoms with Gasteiger partial charge in [0.2, 0.25) is 0 Å². The minimum atomic E-state index is 0.874. The highest BCUT2D eigenvalue weighted by Crippen LogP contribution is 2.27. The number of nitrogens with zero attached hydrogens (tertiary/aromatic N) is 2. The van der Waals surface area contributed by atoms with Gasteiger partial charge >= 0.3 is 0 Å². The number of hydrogen-bond acceptors (Lipinski definition) is 4. The first-order valence-corrected chi connectivity index (χ1v) is 8.17. The van der Waals surface area contributed by atoms with Gasteiger partial charge in [-0.3, -0.25) is 0 Å². The van der Waals surface area contributed by atoms with E-state index in [0.717, 1.165) is 49.3 Å². The van der Waals surface area contributed by atoms with Crippen molar-refractivity contribution in [3.63, 3.8) is 0 Å². The van der Waals surface area contributed by atoms with E-state index in [1.165, 1.54) is 32.1 Å². The van der Waals surface area contributed by atoms with Crippen molar-refractivity contribution in [2.45, 2.75) is 58.8 Å². The molecule has 0 unspecified atom stereocenters. The summed E-state index contributed by atoms with van der Waals surface area (Å²) in [5, 5.41) is 6.82. The van der Waals surface area contributed by atoms with Gasteiger partial charge in [0.15, 0.2) is 0 Å². The first-order valence-electron chi connectivity index (χ1n) is 8.17. The molecule has 4 nitrogen and oxygen atoms in total. The van der Waals surface area contributed by atoms with Crippen LogP contribution in [0.1, 0.15) is 58.2 Å². The Morgan fingerprint density at radius 2 is 1.70 bits per heavy atom. The SMILES string of the molecule is CCCNc1cc(NCCC2CCCC2)nc(CC)n1. The summed E-state index contributed by atoms with van der Waals surface area (Å²) in [4.78, 5) is 9.07. The van der Waals surface area contributed by atoms with Crippen LogP contribution < -0.4 is 10.6 Å². The van der Waals surface area contributed by atoms with Gasteiger partial charge in [-0.05, 0) is 18.8 Å². The fraction of sp³-hybridized carbons (Fsp3) is 0.750. The third-order valence-electron chi connectivity index (χ3n) is 3.98. The summed E-state index contributed by atoms with van der Waals surface area (Å²) >= 11 is 0. The molecule has 1 fully saturated rings. The molecule has 0 aromatic carbocycles. The van der Waals surface area contributed by atoms with E-state index in [2.05, 4.69) is 34.4 Å². The minimum absolute atomic E-state index is 0.874. The predicted octanol–water partition coefficient (Wildman–Crippen LogP) is 3.85. The molecule has 0 bridgehead atoms. The van der Waals surface area contributed by atoms with Crippen LogP contribution in [0.15, 0.2) is 6.07 Å². The molecule has 1 aromatic rings. The first kappa shape index (κ1) is 15.1. The van der Waals surface area contributed by atoms with Crippen LogP contribution in [0.25, 0.3) is 0 Å². The smallest absolute Gasteiger partial charge is 0.132 e. The van der Waals surface area contributed by atoms with Gasteiger partial charge in [0, 0.05) is 25.6 Å². The maximum absolute atomic E-state index is 4.56. The highest BCUT2D eigenvalue weighted by atomic mass is 15.1. The zero-order chi connectivity index (χ0) is 14.2. The largest absolute Gasteiger partial charge is 0.370 e. The fourth-order valence-electron chi connectivity index (χ4n) is 2.79. The Morgan fingerprint density at radius 3 is 2.30 bits per heavy atom. The summed E-state index contributed by atoms with van der Waals surface area (Å²) in [7, 11) is 0. The summed E-state index contributed by atoms with van der Waals surface area (Å²) in [5.41, 5.74) is 0. The van der Waals surface area contributed by atoms with Crippen molar-refractivity contribution in [3.05, 3.63) is 11.9 Å². The van der Waals surface area contributed by atoms with Crippen molar-refractivity contribution in [1.82, 2.24) is 9.97 Å². The van der Waals surface area contributed by atoms with Gasteiger partial charge in [-0.1, -0.05) is 39.5 Å². The van der Waals surface area contributed by atoms with Crippen molar-refractivity contribution < 1.29 is 0 Å². The van der Waals surface area contributed by atoms with Gasteiger partial charge in [-0.2, -0.15) is 0 Å². The van der Waals surface area contributed by atoms with Crippen molar-refractivity contribution in [2.75, 3.05) is 23.7 Å². The van der Waals surface area contributed by atoms with Crippen LogP contribution in [-0.2, 0) is 6.42 Å². The molecular weight excluding hydrogens is 248 g/mol. The average molecular weight is 276 g/mol. The molecule has 20 heavy (non-hydrogen) atoms. The van der Waals surface area contributed by atoms with Crippen molar-refractivity contribution in [1.29, 1.82) is 0 Å². The maximum Gasteiger partial charge on any atom is 0.132 e. The third kappa shape index (κ3) is 4.66. The van der Waals surface area contributed by atoms with Gasteiger partial charge in [0.25, 0.3) is 0 Å². The molecule has 4 heteroatoms. The number of anilines is 2. The van der Waals surface area contributed by atoms with Crippen molar-refractivity contribution in [2.24, 2.45) is 5.92 Å². The van der Waals surface area contributed by atoms with Crippen molar-refractivity contribution >= 4 is 11.6 Å². The maximum atomic E-state index is 4.56. The van der Waals surface area contributed by atoms with Crippen LogP contribution in [-0.4, -0.2) is 23.1 Å². The topological polar surface area (TPSA) is 49.8 Å². The van der Waals surface area contributed by atoms with Crippen molar-refractivity contribution in [3.8, 4) is 0 Å². The zero-order valence-electron chi connectivity index (χ0n) is 12.9. The van der Waals surface area contributed by atoms with Crippen LogP contribution in [0.5, 0.6) is 0 Å². The molecule has 0 amide bonds. The Hall–Kier alpha value is -1.32. The number of nitrogens with one attached hydrogen (secondary N) is 2. The summed E-state index contributed by atoms with van der Waals surface area (Å²) in [6, 6.07) is 2.03. The van der Waals surface area contributed by atoms with Gasteiger partial charge in [-0.25, -0.2) is 9.97 Å². The third-order valence-corrected chi connectivity index (χ3v) is 3.98. The summed E-state index contributed by atoms with van der Waals surface area (Å²) in [6.45, 7) is 6.25. The van der Waals surface area contributed by atoms with Gasteiger partial charge in [0.05, 0.1) is 0 Å². The molecule has 0 radical (unpaired) electrons. The predicted molar refractivity (Wildman–Crippen MR) is 85.3 cm³/mol. The normalized spacial score (nSPS) is 15.5. The van der Waals surface area contributed by atoms with E-state index in [4.69, 9.17) is 0 Å². The molecule has 0 aliphatic heterocycles. The second-order valence-electron chi connectivity index (χ2n) is 5.70. The number of hydrogen-bond donors (Lipinski definition) is 2. The van der Waals surface area contributed by atoms with Crippen LogP contribution in [0.4, 0.5) is 11.6 Å². The summed E-state index contributed by atoms with van der Waals surface area (Å²) in [5.74, 6) is 3.75. The molecule has 0 saturated heterocycles. The number of rotatable bonds is 8. The van der Waals surface area contributed by atoms with E-state index in [1.807, 2.05) is 6.07 Å². The van der Waals surface area contributed by atoms with E-state index in [0.29, 0.717) is 0 Å². The van der Waals surface area contributed by atoms with E-state index >= 15 is 0 Å². The monoisotopic (exact) mass is 276 g/mol. The molecule has 1 saturated carbocycles. The molecule has 2 rings (SSSR count). The van der Waals surface area contributed by atoms with E-state index in [-0.39, 0.29) is 0 Å². The van der Waals surface area contributed by atoms with Crippen LogP contribution in [0.3, 0.4) is 0 Å². The van der Waals surface area contributed by atoms with Crippen LogP contribution in [0, 0.1) is 5.92 Å². The minimum Gasteiger partial charge on any atom is -0.370 e. The molecule has 1 aliphatic carbocycles. The molecule has 2 N–H and O–H groups in total. The molecule has 112 valence electrons. The first-order chi connectivity index (χ1) is 9.81. The standard InChI is InChI=1S/C16H28N4/c1-3-10-17-15-12-16(20-14(4-2)19-15)18-11-9-13-7-5-6-8-13/h12-13H,3-11H2,1-2H3,(H2,17,18,19,20). The summed E-state index contributed by atoms with van der Waals surface area (Å²) in [6.07, 6.45) is 8.91. The Balaban J connectivity index is 1.87. The number of aromatic nitrogens is 2. The lowest BCUT2D eigenvalue weighted by Gasteiger charge is -2.12. The molecule has 1 aliphatic rings. The van der Waals surface area contributed by atoms with Crippen LogP contribution in [0.2, 0.25) is 0 Å². The zero-order valence-corrected chi connectivity index (χ0v) is 12.9. The Labute approximate surface area is 122 Å². The molecule has 1 aromatic heterocycles. The Kier molecular flexibility index (Phi) is 6.09. The molecular formula is C16H28N4. The second kappa shape index (κ2) is 8.08. The van der Waals surface area contributed by atoms with Crippen LogP contribution >= 0.6 is 0 Å². The molecule has 0 atom stereocenters. The quantitative estimate of drug-likeness (QED) is 0.757. The van der Waals surface area contributed by atoms with E-state index < -0.39 is 0 Å². The molecule has 1 heterocycles. The lowest BCUT2D eigenvalue weighted by molar-refractivity contribution is 0.518. The van der Waals surface area contributed by atoms with Gasteiger partial charge in [-0.15, -0.1) is 0 Å². The lowest BCUT2D eigenvalue weighted by Crippen LogP contribution is -2.11. The number of aryl methyl sites for hydroxylation is 1. The average Bonchev–Trinajstić information content (AvgIpc) is 2.98. The highest BCUT2D eigenvalue weighted by Gasteiger charge is 2.14.